The van der Waals surface area contributed by atoms with Crippen LogP contribution in [0.25, 0.3) is 0 Å². The molecule has 1 aromatic carbocycles. The minimum Gasteiger partial charge on any atom is -0.366 e. The van der Waals surface area contributed by atoms with E-state index < -0.39 is 0 Å². The fourth-order valence-electron chi connectivity index (χ4n) is 3.72. The fourth-order valence-corrected chi connectivity index (χ4v) is 4.02. The van der Waals surface area contributed by atoms with Crippen LogP contribution in [0.2, 0.25) is 0 Å². The van der Waals surface area contributed by atoms with E-state index in [-0.39, 0.29) is 0 Å². The number of hydrogen-bond donors (Lipinski definition) is 0. The molecule has 0 aromatic heterocycles. The highest BCUT2D eigenvalue weighted by Gasteiger charge is 2.32. The molecule has 0 radical (unpaired) electrons. The molecule has 2 heterocycles. The van der Waals surface area contributed by atoms with Crippen LogP contribution in [0.5, 0.6) is 0 Å². The van der Waals surface area contributed by atoms with E-state index >= 15 is 0 Å². The number of nitrogens with zero attached hydrogens (tertiary/aromatic N) is 2. The molecule has 2 saturated heterocycles. The van der Waals surface area contributed by atoms with Gasteiger partial charge in [0.15, 0.2) is 0 Å². The summed E-state index contributed by atoms with van der Waals surface area (Å²) in [4.78, 5) is 5.29. The van der Waals surface area contributed by atoms with Gasteiger partial charge in [-0.2, -0.15) is 0 Å². The van der Waals surface area contributed by atoms with Gasteiger partial charge in [-0.3, -0.25) is 4.90 Å². The Morgan fingerprint density at radius 2 is 2.10 bits per heavy atom. The summed E-state index contributed by atoms with van der Waals surface area (Å²) in [6.45, 7) is 8.22. The first kappa shape index (κ1) is 14.2. The van der Waals surface area contributed by atoms with Gasteiger partial charge in [-0.25, -0.2) is 0 Å². The standard InChI is InChI=1S/C17H25ClN2/c1-13-9-16(7-6-15(13)10-18)20-12-17-5-3-4-8-19(17)11-14(20)2/h6-7,9,14,17H,3-5,8,10-12H2,1-2H3. The molecule has 0 bridgehead atoms. The Kier molecular flexibility index (Phi) is 4.23. The van der Waals surface area contributed by atoms with Crippen molar-refractivity contribution in [2.75, 3.05) is 24.5 Å². The van der Waals surface area contributed by atoms with E-state index in [2.05, 4.69) is 41.8 Å². The zero-order valence-corrected chi connectivity index (χ0v) is 13.4. The smallest absolute Gasteiger partial charge is 0.0476 e. The van der Waals surface area contributed by atoms with E-state index in [9.17, 15) is 0 Å². The predicted octanol–water partition coefficient (Wildman–Crippen LogP) is 3.80. The third kappa shape index (κ3) is 2.68. The maximum atomic E-state index is 5.97. The summed E-state index contributed by atoms with van der Waals surface area (Å²) < 4.78 is 0. The van der Waals surface area contributed by atoms with Gasteiger partial charge < -0.3 is 4.90 Å². The molecule has 2 nitrogen and oxygen atoms in total. The number of piperidine rings is 1. The summed E-state index contributed by atoms with van der Waals surface area (Å²) in [5.74, 6) is 0.609. The number of piperazine rings is 1. The van der Waals surface area contributed by atoms with E-state index in [1.807, 2.05) is 0 Å². The number of halogens is 1. The molecular weight excluding hydrogens is 268 g/mol. The molecule has 2 atom stereocenters. The van der Waals surface area contributed by atoms with Crippen LogP contribution in [-0.2, 0) is 5.88 Å². The monoisotopic (exact) mass is 292 g/mol. The zero-order valence-electron chi connectivity index (χ0n) is 12.6. The van der Waals surface area contributed by atoms with Crippen LogP contribution in [0, 0.1) is 6.92 Å². The highest BCUT2D eigenvalue weighted by molar-refractivity contribution is 6.17. The van der Waals surface area contributed by atoms with Crippen LogP contribution in [-0.4, -0.2) is 36.6 Å². The average Bonchev–Trinajstić information content (AvgIpc) is 2.46. The van der Waals surface area contributed by atoms with E-state index in [0.717, 1.165) is 6.04 Å². The van der Waals surface area contributed by atoms with Gasteiger partial charge in [0.1, 0.15) is 0 Å². The Morgan fingerprint density at radius 3 is 2.85 bits per heavy atom. The first-order chi connectivity index (χ1) is 9.69. The number of hydrogen-bond acceptors (Lipinski definition) is 2. The second-order valence-corrected chi connectivity index (χ2v) is 6.66. The largest absolute Gasteiger partial charge is 0.366 e. The van der Waals surface area contributed by atoms with Crippen molar-refractivity contribution < 1.29 is 0 Å². The lowest BCUT2D eigenvalue weighted by Crippen LogP contribution is -2.58. The van der Waals surface area contributed by atoms with Gasteiger partial charge in [0.2, 0.25) is 0 Å². The number of aryl methyl sites for hydroxylation is 1. The molecule has 110 valence electrons. The van der Waals surface area contributed by atoms with Crippen LogP contribution in [0.15, 0.2) is 18.2 Å². The summed E-state index contributed by atoms with van der Waals surface area (Å²) >= 11 is 5.97. The van der Waals surface area contributed by atoms with Crippen molar-refractivity contribution in [1.29, 1.82) is 0 Å². The Hall–Kier alpha value is -0.730. The van der Waals surface area contributed by atoms with Crippen molar-refractivity contribution in [3.8, 4) is 0 Å². The van der Waals surface area contributed by atoms with Crippen molar-refractivity contribution in [2.45, 2.75) is 51.1 Å². The molecular formula is C17H25ClN2. The van der Waals surface area contributed by atoms with Gasteiger partial charge in [-0.1, -0.05) is 12.5 Å². The van der Waals surface area contributed by atoms with Gasteiger partial charge in [-0.05, 0) is 56.5 Å². The van der Waals surface area contributed by atoms with Crippen molar-refractivity contribution in [2.24, 2.45) is 0 Å². The number of anilines is 1. The molecule has 0 N–H and O–H groups in total. The fraction of sp³-hybridized carbons (Fsp3) is 0.647. The summed E-state index contributed by atoms with van der Waals surface area (Å²) in [6, 6.07) is 8.11. The molecule has 2 aliphatic rings. The normalized spacial score (nSPS) is 27.4. The van der Waals surface area contributed by atoms with Crippen LogP contribution in [0.3, 0.4) is 0 Å². The molecule has 2 fully saturated rings. The number of alkyl halides is 1. The number of benzene rings is 1. The van der Waals surface area contributed by atoms with Crippen LogP contribution in [0.4, 0.5) is 5.69 Å². The van der Waals surface area contributed by atoms with Crippen LogP contribution in [0.1, 0.15) is 37.3 Å². The van der Waals surface area contributed by atoms with Crippen LogP contribution >= 0.6 is 11.6 Å². The quantitative estimate of drug-likeness (QED) is 0.765. The third-order valence-electron chi connectivity index (χ3n) is 4.99. The first-order valence-electron chi connectivity index (χ1n) is 7.85. The van der Waals surface area contributed by atoms with Crippen molar-refractivity contribution in [3.05, 3.63) is 29.3 Å². The summed E-state index contributed by atoms with van der Waals surface area (Å²) in [7, 11) is 0. The van der Waals surface area contributed by atoms with E-state index in [0.29, 0.717) is 11.9 Å². The Morgan fingerprint density at radius 1 is 1.25 bits per heavy atom. The Bertz CT molecular complexity index is 474. The molecule has 0 aliphatic carbocycles. The zero-order chi connectivity index (χ0) is 14.1. The predicted molar refractivity (Wildman–Crippen MR) is 86.8 cm³/mol. The topological polar surface area (TPSA) is 6.48 Å². The van der Waals surface area contributed by atoms with E-state index in [4.69, 9.17) is 11.6 Å². The third-order valence-corrected chi connectivity index (χ3v) is 5.28. The van der Waals surface area contributed by atoms with Crippen molar-refractivity contribution in [3.63, 3.8) is 0 Å². The van der Waals surface area contributed by atoms with E-state index in [1.165, 1.54) is 55.7 Å². The van der Waals surface area contributed by atoms with Gasteiger partial charge in [0.25, 0.3) is 0 Å². The molecule has 2 aliphatic heterocycles. The van der Waals surface area contributed by atoms with Gasteiger partial charge in [0.05, 0.1) is 0 Å². The molecule has 2 unspecified atom stereocenters. The Labute approximate surface area is 127 Å². The summed E-state index contributed by atoms with van der Waals surface area (Å²) in [6.07, 6.45) is 4.14. The van der Waals surface area contributed by atoms with Gasteiger partial charge >= 0.3 is 0 Å². The number of fused-ring (bicyclic) bond motifs is 1. The molecule has 3 heteroatoms. The molecule has 1 aromatic rings. The maximum Gasteiger partial charge on any atom is 0.0476 e. The average molecular weight is 293 g/mol. The number of rotatable bonds is 2. The first-order valence-corrected chi connectivity index (χ1v) is 8.38. The lowest BCUT2D eigenvalue weighted by molar-refractivity contribution is 0.115. The minimum absolute atomic E-state index is 0.602. The summed E-state index contributed by atoms with van der Waals surface area (Å²) in [5.41, 5.74) is 3.93. The second kappa shape index (κ2) is 5.95. The van der Waals surface area contributed by atoms with Crippen molar-refractivity contribution in [1.82, 2.24) is 4.90 Å². The Balaban J connectivity index is 1.80. The second-order valence-electron chi connectivity index (χ2n) is 6.39. The molecule has 20 heavy (non-hydrogen) atoms. The maximum absolute atomic E-state index is 5.97. The molecule has 0 saturated carbocycles. The molecule has 3 rings (SSSR count). The van der Waals surface area contributed by atoms with Gasteiger partial charge in [-0.15, -0.1) is 11.6 Å². The lowest BCUT2D eigenvalue weighted by Gasteiger charge is -2.48. The lowest BCUT2D eigenvalue weighted by atomic mass is 9.96. The van der Waals surface area contributed by atoms with Gasteiger partial charge in [0, 0.05) is 36.7 Å². The minimum atomic E-state index is 0.602. The molecule has 0 amide bonds. The van der Waals surface area contributed by atoms with E-state index in [1.54, 1.807) is 0 Å². The highest BCUT2D eigenvalue weighted by atomic mass is 35.5. The van der Waals surface area contributed by atoms with Crippen LogP contribution < -0.4 is 4.90 Å². The highest BCUT2D eigenvalue weighted by Crippen LogP contribution is 2.29. The summed E-state index contributed by atoms with van der Waals surface area (Å²) in [5, 5.41) is 0. The SMILES string of the molecule is Cc1cc(N2CC3CCCCN3CC2C)ccc1CCl. The molecule has 0 spiro atoms. The van der Waals surface area contributed by atoms with Crippen molar-refractivity contribution >= 4 is 17.3 Å².